The topological polar surface area (TPSA) is 63.2 Å². The summed E-state index contributed by atoms with van der Waals surface area (Å²) in [5, 5.41) is 2.54. The van der Waals surface area contributed by atoms with Crippen LogP contribution >= 0.6 is 0 Å². The minimum absolute atomic E-state index is 0.00581. The van der Waals surface area contributed by atoms with Crippen LogP contribution in [0, 0.1) is 11.6 Å². The predicted molar refractivity (Wildman–Crippen MR) is 86.4 cm³/mol. The molecule has 0 saturated carbocycles. The standard InChI is InChI=1S/C17H17F2NO3S/c1-3-24(22,23)16-7-5-4-6-14(16)17(21)20-11(2)13-9-8-12(18)10-15(13)19/h4-11H,3H2,1-2H3,(H,20,21)/t11-/m0/s1. The van der Waals surface area contributed by atoms with Crippen molar-refractivity contribution in [1.82, 2.24) is 5.32 Å². The molecule has 0 spiro atoms. The van der Waals surface area contributed by atoms with E-state index in [-0.39, 0.29) is 21.8 Å². The minimum Gasteiger partial charge on any atom is -0.345 e. The Balaban J connectivity index is 2.31. The van der Waals surface area contributed by atoms with Gasteiger partial charge in [0.25, 0.3) is 5.91 Å². The zero-order valence-corrected chi connectivity index (χ0v) is 14.0. The molecule has 0 aliphatic heterocycles. The largest absolute Gasteiger partial charge is 0.345 e. The van der Waals surface area contributed by atoms with E-state index in [1.807, 2.05) is 0 Å². The van der Waals surface area contributed by atoms with E-state index < -0.39 is 33.4 Å². The SMILES string of the molecule is CCS(=O)(=O)c1ccccc1C(=O)N[C@@H](C)c1ccc(F)cc1F. The summed E-state index contributed by atoms with van der Waals surface area (Å²) >= 11 is 0. The highest BCUT2D eigenvalue weighted by Crippen LogP contribution is 2.21. The van der Waals surface area contributed by atoms with Crippen LogP contribution in [0.4, 0.5) is 8.78 Å². The van der Waals surface area contributed by atoms with Crippen molar-refractivity contribution >= 4 is 15.7 Å². The highest BCUT2D eigenvalue weighted by molar-refractivity contribution is 7.91. The maximum absolute atomic E-state index is 13.8. The second kappa shape index (κ2) is 7.09. The summed E-state index contributed by atoms with van der Waals surface area (Å²) in [5.74, 6) is -2.27. The molecule has 7 heteroatoms. The zero-order chi connectivity index (χ0) is 17.9. The molecule has 0 radical (unpaired) electrons. The van der Waals surface area contributed by atoms with Crippen LogP contribution in [0.25, 0.3) is 0 Å². The third kappa shape index (κ3) is 3.79. The van der Waals surface area contributed by atoms with Gasteiger partial charge in [0.1, 0.15) is 11.6 Å². The van der Waals surface area contributed by atoms with E-state index in [2.05, 4.69) is 5.32 Å². The first-order chi connectivity index (χ1) is 11.3. The summed E-state index contributed by atoms with van der Waals surface area (Å²) in [7, 11) is -3.57. The lowest BCUT2D eigenvalue weighted by Gasteiger charge is -2.16. The van der Waals surface area contributed by atoms with Crippen molar-refractivity contribution in [3.8, 4) is 0 Å². The second-order valence-electron chi connectivity index (χ2n) is 5.26. The minimum atomic E-state index is -3.57. The molecule has 0 aliphatic carbocycles. The Morgan fingerprint density at radius 1 is 1.17 bits per heavy atom. The van der Waals surface area contributed by atoms with Gasteiger partial charge in [0.2, 0.25) is 0 Å². The van der Waals surface area contributed by atoms with Gasteiger partial charge in [-0.3, -0.25) is 4.79 Å². The number of carbonyl (C=O) groups is 1. The molecule has 2 aromatic rings. The molecule has 4 nitrogen and oxygen atoms in total. The van der Waals surface area contributed by atoms with Crippen LogP contribution in [0.15, 0.2) is 47.4 Å². The molecule has 0 unspecified atom stereocenters. The van der Waals surface area contributed by atoms with Crippen molar-refractivity contribution in [1.29, 1.82) is 0 Å². The molecule has 1 amide bonds. The third-order valence-electron chi connectivity index (χ3n) is 3.62. The average molecular weight is 353 g/mol. The van der Waals surface area contributed by atoms with Gasteiger partial charge in [-0.15, -0.1) is 0 Å². The Labute approximate surface area is 139 Å². The molecule has 1 N–H and O–H groups in total. The lowest BCUT2D eigenvalue weighted by Crippen LogP contribution is -2.28. The van der Waals surface area contributed by atoms with Gasteiger partial charge in [0.05, 0.1) is 22.3 Å². The van der Waals surface area contributed by atoms with Gasteiger partial charge in [0.15, 0.2) is 9.84 Å². The number of nitrogens with one attached hydrogen (secondary N) is 1. The van der Waals surface area contributed by atoms with Crippen LogP contribution in [0.3, 0.4) is 0 Å². The lowest BCUT2D eigenvalue weighted by atomic mass is 10.1. The highest BCUT2D eigenvalue weighted by atomic mass is 32.2. The molecule has 128 valence electrons. The van der Waals surface area contributed by atoms with Crippen molar-refractivity contribution in [2.24, 2.45) is 0 Å². The second-order valence-corrected chi connectivity index (χ2v) is 7.51. The van der Waals surface area contributed by atoms with Crippen molar-refractivity contribution in [3.63, 3.8) is 0 Å². The summed E-state index contributed by atoms with van der Waals surface area (Å²) in [6.07, 6.45) is 0. The van der Waals surface area contributed by atoms with E-state index in [9.17, 15) is 22.0 Å². The Morgan fingerprint density at radius 2 is 1.83 bits per heavy atom. The fraction of sp³-hybridized carbons (Fsp3) is 0.235. The van der Waals surface area contributed by atoms with Gasteiger partial charge in [-0.1, -0.05) is 25.1 Å². The Hall–Kier alpha value is -2.28. The van der Waals surface area contributed by atoms with Crippen molar-refractivity contribution in [2.45, 2.75) is 24.8 Å². The summed E-state index contributed by atoms with van der Waals surface area (Å²) in [5.41, 5.74) is 0.106. The number of hydrogen-bond acceptors (Lipinski definition) is 3. The molecule has 0 aliphatic rings. The van der Waals surface area contributed by atoms with Crippen LogP contribution in [-0.4, -0.2) is 20.1 Å². The first-order valence-electron chi connectivity index (χ1n) is 7.34. The van der Waals surface area contributed by atoms with Crippen molar-refractivity contribution in [2.75, 3.05) is 5.75 Å². The average Bonchev–Trinajstić information content (AvgIpc) is 2.54. The van der Waals surface area contributed by atoms with Gasteiger partial charge in [-0.2, -0.15) is 0 Å². The van der Waals surface area contributed by atoms with Gasteiger partial charge < -0.3 is 5.32 Å². The Kier molecular flexibility index (Phi) is 5.33. The van der Waals surface area contributed by atoms with Crippen LogP contribution in [0.1, 0.15) is 35.8 Å². The maximum atomic E-state index is 13.8. The number of benzene rings is 2. The molecular formula is C17H17F2NO3S. The van der Waals surface area contributed by atoms with Crippen LogP contribution in [0.5, 0.6) is 0 Å². The molecular weight excluding hydrogens is 336 g/mol. The first-order valence-corrected chi connectivity index (χ1v) is 8.99. The molecule has 0 heterocycles. The van der Waals surface area contributed by atoms with E-state index in [1.165, 1.54) is 38.1 Å². The van der Waals surface area contributed by atoms with Crippen molar-refractivity contribution < 1.29 is 22.0 Å². The van der Waals surface area contributed by atoms with E-state index in [0.717, 1.165) is 12.1 Å². The summed E-state index contributed by atoms with van der Waals surface area (Å²) in [6.45, 7) is 3.02. The Morgan fingerprint density at radius 3 is 2.46 bits per heavy atom. The number of sulfone groups is 1. The maximum Gasteiger partial charge on any atom is 0.253 e. The molecule has 24 heavy (non-hydrogen) atoms. The quantitative estimate of drug-likeness (QED) is 0.897. The molecule has 0 saturated heterocycles. The first kappa shape index (κ1) is 18.1. The Bertz CT molecular complexity index is 866. The number of hydrogen-bond donors (Lipinski definition) is 1. The summed E-state index contributed by atoms with van der Waals surface area (Å²) in [6, 6.07) is 8.14. The molecule has 0 fully saturated rings. The van der Waals surface area contributed by atoms with Crippen LogP contribution in [0.2, 0.25) is 0 Å². The lowest BCUT2D eigenvalue weighted by molar-refractivity contribution is 0.0936. The van der Waals surface area contributed by atoms with Crippen LogP contribution < -0.4 is 5.32 Å². The molecule has 0 aromatic heterocycles. The van der Waals surface area contributed by atoms with Gasteiger partial charge in [-0.05, 0) is 25.1 Å². The van der Waals surface area contributed by atoms with Gasteiger partial charge >= 0.3 is 0 Å². The van der Waals surface area contributed by atoms with Gasteiger partial charge in [0, 0.05) is 11.6 Å². The van der Waals surface area contributed by atoms with Crippen LogP contribution in [-0.2, 0) is 9.84 Å². The fourth-order valence-electron chi connectivity index (χ4n) is 2.29. The highest BCUT2D eigenvalue weighted by Gasteiger charge is 2.22. The van der Waals surface area contributed by atoms with Crippen molar-refractivity contribution in [3.05, 3.63) is 65.2 Å². The number of amides is 1. The summed E-state index contributed by atoms with van der Waals surface area (Å²) in [4.78, 5) is 12.3. The number of rotatable bonds is 5. The van der Waals surface area contributed by atoms with E-state index in [1.54, 1.807) is 6.07 Å². The molecule has 2 rings (SSSR count). The smallest absolute Gasteiger partial charge is 0.253 e. The van der Waals surface area contributed by atoms with Gasteiger partial charge in [-0.25, -0.2) is 17.2 Å². The molecule has 2 aromatic carbocycles. The number of halogens is 2. The normalized spacial score (nSPS) is 12.7. The zero-order valence-electron chi connectivity index (χ0n) is 13.2. The van der Waals surface area contributed by atoms with E-state index in [4.69, 9.17) is 0 Å². The monoisotopic (exact) mass is 353 g/mol. The fourth-order valence-corrected chi connectivity index (χ4v) is 3.38. The third-order valence-corrected chi connectivity index (χ3v) is 5.41. The molecule has 1 atom stereocenters. The number of carbonyl (C=O) groups excluding carboxylic acids is 1. The summed E-state index contributed by atoms with van der Waals surface area (Å²) < 4.78 is 50.9. The van der Waals surface area contributed by atoms with E-state index in [0.29, 0.717) is 0 Å². The predicted octanol–water partition coefficient (Wildman–Crippen LogP) is 3.25. The molecule has 0 bridgehead atoms. The van der Waals surface area contributed by atoms with E-state index >= 15 is 0 Å².